The van der Waals surface area contributed by atoms with Gasteiger partial charge in [0.2, 0.25) is 0 Å². The quantitative estimate of drug-likeness (QED) is 0.650. The Kier molecular flexibility index (Phi) is 4.99. The Labute approximate surface area is 183 Å². The first-order valence-corrected chi connectivity index (χ1v) is 12.2. The summed E-state index contributed by atoms with van der Waals surface area (Å²) in [6.07, 6.45) is 3.89. The van der Waals surface area contributed by atoms with E-state index in [4.69, 9.17) is 0 Å². The predicted molar refractivity (Wildman–Crippen MR) is 117 cm³/mol. The molecule has 2 atom stereocenters. The fourth-order valence-electron chi connectivity index (χ4n) is 4.43. The van der Waals surface area contributed by atoms with Gasteiger partial charge in [-0.05, 0) is 48.1 Å². The van der Waals surface area contributed by atoms with E-state index in [-0.39, 0.29) is 29.0 Å². The first-order valence-electron chi connectivity index (χ1n) is 9.92. The van der Waals surface area contributed by atoms with Crippen LogP contribution in [0.3, 0.4) is 0 Å². The minimum absolute atomic E-state index is 0.0461. The van der Waals surface area contributed by atoms with Gasteiger partial charge in [-0.2, -0.15) is 4.31 Å². The highest BCUT2D eigenvalue weighted by atomic mass is 32.2. The molecule has 3 aromatic rings. The summed E-state index contributed by atoms with van der Waals surface area (Å²) in [4.78, 5) is 29.4. The van der Waals surface area contributed by atoms with E-state index in [0.717, 1.165) is 12.1 Å². The molecule has 8 nitrogen and oxygen atoms in total. The van der Waals surface area contributed by atoms with Crippen LogP contribution in [-0.4, -0.2) is 41.3 Å². The van der Waals surface area contributed by atoms with Crippen molar-refractivity contribution in [3.8, 4) is 0 Å². The highest BCUT2D eigenvalue weighted by Gasteiger charge is 2.40. The van der Waals surface area contributed by atoms with Crippen molar-refractivity contribution in [2.75, 3.05) is 18.4 Å². The Bertz CT molecular complexity index is 1290. The van der Waals surface area contributed by atoms with Gasteiger partial charge in [-0.1, -0.05) is 6.07 Å². The Morgan fingerprint density at radius 3 is 2.65 bits per heavy atom. The van der Waals surface area contributed by atoms with Crippen LogP contribution in [0.1, 0.15) is 28.4 Å². The lowest BCUT2D eigenvalue weighted by Crippen LogP contribution is -2.49. The van der Waals surface area contributed by atoms with E-state index in [9.17, 15) is 18.0 Å². The monoisotopic (exact) mass is 456 g/mol. The molecule has 1 N–H and O–H groups in total. The zero-order chi connectivity index (χ0) is 21.6. The molecule has 160 valence electrons. The Morgan fingerprint density at radius 2 is 1.90 bits per heavy atom. The maximum absolute atomic E-state index is 13.1. The van der Waals surface area contributed by atoms with Gasteiger partial charge in [0.25, 0.3) is 21.5 Å². The first kappa shape index (κ1) is 20.1. The topological polar surface area (TPSA) is 101 Å². The van der Waals surface area contributed by atoms with Crippen molar-refractivity contribution in [3.63, 3.8) is 0 Å². The number of carbonyl (C=O) groups excluding carboxylic acids is 1. The summed E-state index contributed by atoms with van der Waals surface area (Å²) >= 11 is 1.22. The van der Waals surface area contributed by atoms with Crippen LogP contribution in [-0.2, 0) is 16.6 Å². The minimum Gasteiger partial charge on any atom is -0.317 e. The third kappa shape index (κ3) is 3.60. The molecule has 2 aliphatic rings. The summed E-state index contributed by atoms with van der Waals surface area (Å²) in [7, 11) is -3.53. The predicted octanol–water partition coefficient (Wildman–Crippen LogP) is 2.37. The van der Waals surface area contributed by atoms with Crippen molar-refractivity contribution in [2.24, 2.45) is 5.92 Å². The number of aromatic nitrogens is 2. The molecule has 10 heteroatoms. The number of fused-ring (bicyclic) bond motifs is 4. The standard InChI is InChI=1S/C21H20N4O4S2/c26-20(15-5-7-22-8-6-15)23-17-3-4-18-16-10-14(12-25(18)21(17)27)11-24(13-16)31(28,29)19-2-1-9-30-19/h1-9,14,16H,10-13H2,(H,23,26)/t14-,16-/m1/s1. The molecule has 1 saturated heterocycles. The summed E-state index contributed by atoms with van der Waals surface area (Å²) in [6.45, 7) is 1.16. The molecule has 0 aliphatic carbocycles. The third-order valence-corrected chi connectivity index (χ3v) is 9.06. The number of anilines is 1. The molecule has 2 aliphatic heterocycles. The summed E-state index contributed by atoms with van der Waals surface area (Å²) in [5.41, 5.74) is 1.19. The largest absolute Gasteiger partial charge is 0.317 e. The van der Waals surface area contributed by atoms with Crippen LogP contribution in [0.5, 0.6) is 0 Å². The molecule has 2 bridgehead atoms. The van der Waals surface area contributed by atoms with Crippen LogP contribution >= 0.6 is 11.3 Å². The second kappa shape index (κ2) is 7.70. The summed E-state index contributed by atoms with van der Waals surface area (Å²) in [5.74, 6) is -0.381. The van der Waals surface area contributed by atoms with Crippen molar-refractivity contribution >= 4 is 33.0 Å². The van der Waals surface area contributed by atoms with Crippen LogP contribution in [0.4, 0.5) is 5.69 Å². The second-order valence-electron chi connectivity index (χ2n) is 7.83. The molecule has 1 fully saturated rings. The van der Waals surface area contributed by atoms with Gasteiger partial charge in [0.1, 0.15) is 9.90 Å². The number of nitrogens with one attached hydrogen (secondary N) is 1. The SMILES string of the molecule is O=C(Nc1ccc2n(c1=O)C[C@@H]1C[C@@H]2CN(S(=O)(=O)c2cccs2)C1)c1ccncc1. The lowest BCUT2D eigenvalue weighted by molar-refractivity contribution is 0.102. The lowest BCUT2D eigenvalue weighted by atomic mass is 9.84. The maximum atomic E-state index is 13.1. The number of hydrogen-bond acceptors (Lipinski definition) is 6. The molecule has 0 aromatic carbocycles. The fourth-order valence-corrected chi connectivity index (χ4v) is 7.13. The van der Waals surface area contributed by atoms with Crippen molar-refractivity contribution in [1.29, 1.82) is 0 Å². The van der Waals surface area contributed by atoms with Crippen molar-refractivity contribution in [3.05, 3.63) is 75.8 Å². The van der Waals surface area contributed by atoms with Crippen LogP contribution < -0.4 is 10.9 Å². The van der Waals surface area contributed by atoms with Crippen molar-refractivity contribution in [2.45, 2.75) is 23.1 Å². The highest BCUT2D eigenvalue weighted by Crippen LogP contribution is 2.38. The molecule has 0 radical (unpaired) electrons. The zero-order valence-corrected chi connectivity index (χ0v) is 18.1. The number of thiophene rings is 1. The lowest BCUT2D eigenvalue weighted by Gasteiger charge is -2.42. The van der Waals surface area contributed by atoms with E-state index in [2.05, 4.69) is 10.3 Å². The molecule has 0 spiro atoms. The number of rotatable bonds is 4. The minimum atomic E-state index is -3.53. The van der Waals surface area contributed by atoms with E-state index in [1.807, 2.05) is 6.07 Å². The third-order valence-electron chi connectivity index (χ3n) is 5.85. The average Bonchev–Trinajstić information content (AvgIpc) is 3.32. The van der Waals surface area contributed by atoms with Gasteiger partial charge in [0, 0.05) is 49.2 Å². The second-order valence-corrected chi connectivity index (χ2v) is 10.9. The van der Waals surface area contributed by atoms with Gasteiger partial charge < -0.3 is 9.88 Å². The van der Waals surface area contributed by atoms with Crippen LogP contribution in [0, 0.1) is 5.92 Å². The van der Waals surface area contributed by atoms with Crippen LogP contribution in [0.15, 0.2) is 63.2 Å². The van der Waals surface area contributed by atoms with Crippen LogP contribution in [0.25, 0.3) is 0 Å². The number of pyridine rings is 2. The molecule has 5 heterocycles. The maximum Gasteiger partial charge on any atom is 0.274 e. The molecule has 0 saturated carbocycles. The zero-order valence-electron chi connectivity index (χ0n) is 16.5. The van der Waals surface area contributed by atoms with E-state index in [1.54, 1.807) is 44.6 Å². The van der Waals surface area contributed by atoms with Gasteiger partial charge in [-0.25, -0.2) is 8.42 Å². The Hall–Kier alpha value is -2.82. The molecule has 3 aromatic heterocycles. The number of nitrogens with zero attached hydrogens (tertiary/aromatic N) is 3. The summed E-state index contributed by atoms with van der Waals surface area (Å²) in [5, 5.41) is 4.45. The van der Waals surface area contributed by atoms with Crippen molar-refractivity contribution in [1.82, 2.24) is 13.9 Å². The van der Waals surface area contributed by atoms with Crippen molar-refractivity contribution < 1.29 is 13.2 Å². The number of piperidine rings is 1. The normalized spacial score (nSPS) is 20.8. The summed E-state index contributed by atoms with van der Waals surface area (Å²) in [6, 6.07) is 9.96. The first-order chi connectivity index (χ1) is 14.9. The highest BCUT2D eigenvalue weighted by molar-refractivity contribution is 7.91. The van der Waals surface area contributed by atoms with Crippen LogP contribution in [0.2, 0.25) is 0 Å². The Balaban J connectivity index is 1.42. The fraction of sp³-hybridized carbons (Fsp3) is 0.286. The summed E-state index contributed by atoms with van der Waals surface area (Å²) < 4.78 is 29.6. The molecule has 5 rings (SSSR count). The van der Waals surface area contributed by atoms with Gasteiger partial charge in [-0.15, -0.1) is 11.3 Å². The molecule has 0 unspecified atom stereocenters. The van der Waals surface area contributed by atoms with E-state index in [1.165, 1.54) is 23.7 Å². The molecular formula is C21H20N4O4S2. The average molecular weight is 457 g/mol. The molecular weight excluding hydrogens is 436 g/mol. The number of hydrogen-bond donors (Lipinski definition) is 1. The van der Waals surface area contributed by atoms with Gasteiger partial charge in [0.15, 0.2) is 0 Å². The molecule has 1 amide bonds. The smallest absolute Gasteiger partial charge is 0.274 e. The van der Waals surface area contributed by atoms with E-state index < -0.39 is 10.0 Å². The van der Waals surface area contributed by atoms with E-state index in [0.29, 0.717) is 29.4 Å². The van der Waals surface area contributed by atoms with Gasteiger partial charge >= 0.3 is 0 Å². The van der Waals surface area contributed by atoms with Gasteiger partial charge in [0.05, 0.1) is 0 Å². The number of amides is 1. The number of carbonyl (C=O) groups is 1. The van der Waals surface area contributed by atoms with E-state index >= 15 is 0 Å². The van der Waals surface area contributed by atoms with Gasteiger partial charge in [-0.3, -0.25) is 14.6 Å². The Morgan fingerprint density at radius 1 is 1.10 bits per heavy atom. The molecule has 31 heavy (non-hydrogen) atoms. The number of sulfonamides is 1.